The molecule has 0 saturated carbocycles. The molecule has 0 aliphatic carbocycles. The van der Waals surface area contributed by atoms with Crippen LogP contribution in [0.3, 0.4) is 0 Å². The van der Waals surface area contributed by atoms with Gasteiger partial charge in [0.2, 0.25) is 0 Å². The standard InChI is InChI=1S/C15H20O6S/c1-10(13-9-20-15(2,3)21-13)22(18,19)12-6-4-11(5-7-12)8-14(16)17/h4-7,10,13H,8-9H2,1-3H3,(H,16,17). The van der Waals surface area contributed by atoms with Crippen molar-refractivity contribution < 1.29 is 27.8 Å². The third-order valence-corrected chi connectivity index (χ3v) is 5.86. The van der Waals surface area contributed by atoms with Gasteiger partial charge < -0.3 is 14.6 Å². The van der Waals surface area contributed by atoms with Crippen molar-refractivity contribution in [2.45, 2.75) is 49.2 Å². The van der Waals surface area contributed by atoms with E-state index in [1.54, 1.807) is 20.8 Å². The Bertz CT molecular complexity index is 647. The SMILES string of the molecule is CC(C1COC(C)(C)O1)S(=O)(=O)c1ccc(CC(=O)O)cc1. The van der Waals surface area contributed by atoms with Crippen LogP contribution in [0.15, 0.2) is 29.2 Å². The van der Waals surface area contributed by atoms with E-state index in [0.717, 1.165) is 0 Å². The Morgan fingerprint density at radius 3 is 2.41 bits per heavy atom. The lowest BCUT2D eigenvalue weighted by Gasteiger charge is -2.21. The first-order valence-corrected chi connectivity index (χ1v) is 8.53. The molecule has 1 saturated heterocycles. The average molecular weight is 328 g/mol. The number of carboxylic acid groups (broad SMARTS) is 1. The zero-order valence-corrected chi connectivity index (χ0v) is 13.6. The molecule has 2 atom stereocenters. The molecule has 7 heteroatoms. The van der Waals surface area contributed by atoms with Crippen LogP contribution in [0, 0.1) is 0 Å². The first-order valence-electron chi connectivity index (χ1n) is 6.98. The summed E-state index contributed by atoms with van der Waals surface area (Å²) in [4.78, 5) is 10.8. The third kappa shape index (κ3) is 3.66. The van der Waals surface area contributed by atoms with Crippen molar-refractivity contribution in [3.8, 4) is 0 Å². The molecule has 0 radical (unpaired) electrons. The van der Waals surface area contributed by atoms with Crippen molar-refractivity contribution in [2.75, 3.05) is 6.61 Å². The summed E-state index contributed by atoms with van der Waals surface area (Å²) in [6.45, 7) is 5.31. The highest BCUT2D eigenvalue weighted by molar-refractivity contribution is 7.92. The third-order valence-electron chi connectivity index (χ3n) is 3.65. The predicted molar refractivity (Wildman–Crippen MR) is 79.3 cm³/mol. The van der Waals surface area contributed by atoms with Crippen molar-refractivity contribution in [1.82, 2.24) is 0 Å². The molecule has 1 heterocycles. The number of rotatable bonds is 5. The van der Waals surface area contributed by atoms with Gasteiger partial charge in [-0.15, -0.1) is 0 Å². The molecule has 2 unspecified atom stereocenters. The second kappa shape index (κ2) is 5.98. The summed E-state index contributed by atoms with van der Waals surface area (Å²) in [5, 5.41) is 7.98. The zero-order chi connectivity index (χ0) is 16.5. The largest absolute Gasteiger partial charge is 0.481 e. The molecular formula is C15H20O6S. The Morgan fingerprint density at radius 2 is 1.95 bits per heavy atom. The molecule has 122 valence electrons. The normalized spacial score (nSPS) is 22.4. The van der Waals surface area contributed by atoms with Crippen LogP contribution in [0.1, 0.15) is 26.3 Å². The number of hydrogen-bond acceptors (Lipinski definition) is 5. The summed E-state index contributed by atoms with van der Waals surface area (Å²) >= 11 is 0. The molecule has 0 aromatic heterocycles. The smallest absolute Gasteiger partial charge is 0.307 e. The zero-order valence-electron chi connectivity index (χ0n) is 12.8. The highest BCUT2D eigenvalue weighted by Crippen LogP contribution is 2.29. The minimum Gasteiger partial charge on any atom is -0.481 e. The molecule has 2 rings (SSSR count). The molecule has 6 nitrogen and oxygen atoms in total. The van der Waals surface area contributed by atoms with Crippen LogP contribution in [0.2, 0.25) is 0 Å². The van der Waals surface area contributed by atoms with E-state index in [2.05, 4.69) is 0 Å². The van der Waals surface area contributed by atoms with Crippen LogP contribution in [-0.4, -0.2) is 43.2 Å². The van der Waals surface area contributed by atoms with E-state index in [0.29, 0.717) is 5.56 Å². The maximum atomic E-state index is 12.6. The van der Waals surface area contributed by atoms with Gasteiger partial charge in [0.1, 0.15) is 6.10 Å². The van der Waals surface area contributed by atoms with Gasteiger partial charge in [0, 0.05) is 0 Å². The van der Waals surface area contributed by atoms with Crippen molar-refractivity contribution >= 4 is 15.8 Å². The Hall–Kier alpha value is -1.44. The van der Waals surface area contributed by atoms with Gasteiger partial charge in [-0.1, -0.05) is 12.1 Å². The lowest BCUT2D eigenvalue weighted by Crippen LogP contribution is -2.34. The Labute approximate surface area is 130 Å². The Morgan fingerprint density at radius 1 is 1.36 bits per heavy atom. The van der Waals surface area contributed by atoms with Gasteiger partial charge in [-0.3, -0.25) is 4.79 Å². The predicted octanol–water partition coefficient (Wildman–Crippen LogP) is 1.63. The van der Waals surface area contributed by atoms with Crippen LogP contribution < -0.4 is 0 Å². The number of ether oxygens (including phenoxy) is 2. The minimum atomic E-state index is -3.57. The number of carboxylic acids is 1. The monoisotopic (exact) mass is 328 g/mol. The average Bonchev–Trinajstić information content (AvgIpc) is 2.78. The van der Waals surface area contributed by atoms with Crippen molar-refractivity contribution in [1.29, 1.82) is 0 Å². The number of aliphatic carboxylic acids is 1. The van der Waals surface area contributed by atoms with Crippen molar-refractivity contribution in [3.63, 3.8) is 0 Å². The quantitative estimate of drug-likeness (QED) is 0.883. The lowest BCUT2D eigenvalue weighted by molar-refractivity contribution is -0.138. The van der Waals surface area contributed by atoms with Crippen LogP contribution in [-0.2, 0) is 30.5 Å². The van der Waals surface area contributed by atoms with E-state index in [9.17, 15) is 13.2 Å². The van der Waals surface area contributed by atoms with Gasteiger partial charge >= 0.3 is 5.97 Å². The van der Waals surface area contributed by atoms with Gasteiger partial charge in [-0.25, -0.2) is 8.42 Å². The highest BCUT2D eigenvalue weighted by atomic mass is 32.2. The van der Waals surface area contributed by atoms with E-state index in [1.165, 1.54) is 24.3 Å². The molecule has 1 aliphatic rings. The summed E-state index contributed by atoms with van der Waals surface area (Å²) in [6.07, 6.45) is -0.664. The highest BCUT2D eigenvalue weighted by Gasteiger charge is 2.41. The molecule has 0 bridgehead atoms. The number of benzene rings is 1. The Balaban J connectivity index is 2.17. The molecule has 0 spiro atoms. The molecule has 1 N–H and O–H groups in total. The molecule has 1 fully saturated rings. The summed E-state index contributed by atoms with van der Waals surface area (Å²) in [5.74, 6) is -1.73. The summed E-state index contributed by atoms with van der Waals surface area (Å²) in [5.41, 5.74) is 0.556. The fourth-order valence-corrected chi connectivity index (χ4v) is 3.81. The molecule has 0 amide bonds. The first-order chi connectivity index (χ1) is 10.1. The molecule has 22 heavy (non-hydrogen) atoms. The van der Waals surface area contributed by atoms with Crippen LogP contribution in [0.25, 0.3) is 0 Å². The summed E-state index contributed by atoms with van der Waals surface area (Å²) < 4.78 is 36.3. The minimum absolute atomic E-state index is 0.135. The van der Waals surface area contributed by atoms with Gasteiger partial charge in [0.15, 0.2) is 15.6 Å². The molecule has 1 aromatic carbocycles. The molecule has 1 aliphatic heterocycles. The first kappa shape index (κ1) is 16.9. The van der Waals surface area contributed by atoms with Gasteiger partial charge in [-0.05, 0) is 38.5 Å². The van der Waals surface area contributed by atoms with Gasteiger partial charge in [0.25, 0.3) is 0 Å². The Kier molecular flexibility index (Phi) is 4.60. The van der Waals surface area contributed by atoms with Crippen molar-refractivity contribution in [2.24, 2.45) is 0 Å². The van der Waals surface area contributed by atoms with E-state index in [1.807, 2.05) is 0 Å². The molecular weight excluding hydrogens is 308 g/mol. The number of sulfone groups is 1. The van der Waals surface area contributed by atoms with Gasteiger partial charge in [0.05, 0.1) is 23.2 Å². The fraction of sp³-hybridized carbons (Fsp3) is 0.533. The lowest BCUT2D eigenvalue weighted by atomic mass is 10.2. The second-order valence-electron chi connectivity index (χ2n) is 5.83. The topological polar surface area (TPSA) is 89.9 Å². The summed E-state index contributed by atoms with van der Waals surface area (Å²) in [6, 6.07) is 5.91. The number of carbonyl (C=O) groups is 1. The second-order valence-corrected chi connectivity index (χ2v) is 8.14. The van der Waals surface area contributed by atoms with E-state index < -0.39 is 32.9 Å². The van der Waals surface area contributed by atoms with E-state index >= 15 is 0 Å². The van der Waals surface area contributed by atoms with E-state index in [-0.39, 0.29) is 17.9 Å². The summed E-state index contributed by atoms with van der Waals surface area (Å²) in [7, 11) is -3.57. The molecule has 1 aromatic rings. The van der Waals surface area contributed by atoms with E-state index in [4.69, 9.17) is 14.6 Å². The van der Waals surface area contributed by atoms with Crippen molar-refractivity contribution in [3.05, 3.63) is 29.8 Å². The van der Waals surface area contributed by atoms with Crippen LogP contribution in [0.4, 0.5) is 0 Å². The van der Waals surface area contributed by atoms with Gasteiger partial charge in [-0.2, -0.15) is 0 Å². The van der Waals surface area contributed by atoms with Crippen LogP contribution in [0.5, 0.6) is 0 Å². The van der Waals surface area contributed by atoms with Crippen LogP contribution >= 0.6 is 0 Å². The maximum absolute atomic E-state index is 12.6. The number of hydrogen-bond donors (Lipinski definition) is 1. The fourth-order valence-electron chi connectivity index (χ4n) is 2.33. The maximum Gasteiger partial charge on any atom is 0.307 e.